The number of benzene rings is 1. The first kappa shape index (κ1) is 16.1. The van der Waals surface area contributed by atoms with Gasteiger partial charge in [0.15, 0.2) is 0 Å². The van der Waals surface area contributed by atoms with Crippen molar-refractivity contribution >= 4 is 22.4 Å². The summed E-state index contributed by atoms with van der Waals surface area (Å²) in [4.78, 5) is 16.4. The molecule has 1 aromatic carbocycles. The molecule has 24 heavy (non-hydrogen) atoms. The van der Waals surface area contributed by atoms with Gasteiger partial charge < -0.3 is 4.74 Å². The van der Waals surface area contributed by atoms with Crippen LogP contribution in [-0.4, -0.2) is 28.2 Å². The number of methoxy groups -OCH3 is 1. The quantitative estimate of drug-likeness (QED) is 0.771. The standard InChI is InChI=1S/C17H16N4O2S/c1-11(13-4-3-9-18-10-13)15(22)19-17-21-20-16(24-17)12-5-7-14(23-2)8-6-12/h3-11H,1-2H3,(H,19,21,22)/t11-/m0/s1. The lowest BCUT2D eigenvalue weighted by Gasteiger charge is -2.09. The molecule has 0 aliphatic carbocycles. The van der Waals surface area contributed by atoms with Crippen molar-refractivity contribution in [3.8, 4) is 16.3 Å². The van der Waals surface area contributed by atoms with Gasteiger partial charge in [0.1, 0.15) is 10.8 Å². The summed E-state index contributed by atoms with van der Waals surface area (Å²) in [5.74, 6) is 0.328. The predicted octanol–water partition coefficient (Wildman–Crippen LogP) is 3.35. The predicted molar refractivity (Wildman–Crippen MR) is 93.2 cm³/mol. The van der Waals surface area contributed by atoms with Crippen molar-refractivity contribution in [3.63, 3.8) is 0 Å². The molecule has 2 heterocycles. The fourth-order valence-corrected chi connectivity index (χ4v) is 2.87. The van der Waals surface area contributed by atoms with Crippen molar-refractivity contribution in [2.75, 3.05) is 12.4 Å². The molecule has 3 rings (SSSR count). The highest BCUT2D eigenvalue weighted by Crippen LogP contribution is 2.28. The number of hydrogen-bond acceptors (Lipinski definition) is 6. The number of nitrogens with one attached hydrogen (secondary N) is 1. The Hall–Kier alpha value is -2.80. The number of aromatic nitrogens is 3. The van der Waals surface area contributed by atoms with Gasteiger partial charge in [-0.2, -0.15) is 0 Å². The number of rotatable bonds is 5. The SMILES string of the molecule is COc1ccc(-c2nnc(NC(=O)[C@@H](C)c3cccnc3)s2)cc1. The van der Waals surface area contributed by atoms with Gasteiger partial charge in [0.25, 0.3) is 0 Å². The third-order valence-electron chi connectivity index (χ3n) is 3.57. The van der Waals surface area contributed by atoms with E-state index in [1.807, 2.05) is 43.3 Å². The number of carbonyl (C=O) groups is 1. The Morgan fingerprint density at radius 3 is 2.67 bits per heavy atom. The fourth-order valence-electron chi connectivity index (χ4n) is 2.12. The van der Waals surface area contributed by atoms with E-state index in [0.717, 1.165) is 21.9 Å². The van der Waals surface area contributed by atoms with Crippen LogP contribution in [0.5, 0.6) is 5.75 Å². The van der Waals surface area contributed by atoms with Crippen LogP contribution in [0.25, 0.3) is 10.6 Å². The lowest BCUT2D eigenvalue weighted by molar-refractivity contribution is -0.117. The average molecular weight is 340 g/mol. The molecule has 122 valence electrons. The summed E-state index contributed by atoms with van der Waals surface area (Å²) in [6.45, 7) is 1.83. The molecule has 1 N–H and O–H groups in total. The maximum absolute atomic E-state index is 12.3. The minimum Gasteiger partial charge on any atom is -0.497 e. The van der Waals surface area contributed by atoms with Gasteiger partial charge in [-0.15, -0.1) is 10.2 Å². The number of nitrogens with zero attached hydrogens (tertiary/aromatic N) is 3. The van der Waals surface area contributed by atoms with Crippen LogP contribution in [0.15, 0.2) is 48.8 Å². The van der Waals surface area contributed by atoms with Gasteiger partial charge in [-0.1, -0.05) is 17.4 Å². The van der Waals surface area contributed by atoms with E-state index in [0.29, 0.717) is 5.13 Å². The fraction of sp³-hybridized carbons (Fsp3) is 0.176. The molecule has 7 heteroatoms. The van der Waals surface area contributed by atoms with Gasteiger partial charge in [0, 0.05) is 18.0 Å². The molecule has 0 radical (unpaired) electrons. The molecular formula is C17H16N4O2S. The van der Waals surface area contributed by atoms with Crippen LogP contribution in [0, 0.1) is 0 Å². The molecule has 2 aromatic heterocycles. The number of amides is 1. The molecule has 0 saturated heterocycles. The summed E-state index contributed by atoms with van der Waals surface area (Å²) in [5.41, 5.74) is 1.78. The Balaban J connectivity index is 1.70. The van der Waals surface area contributed by atoms with Crippen LogP contribution in [0.2, 0.25) is 0 Å². The third-order valence-corrected chi connectivity index (χ3v) is 4.46. The van der Waals surface area contributed by atoms with Gasteiger partial charge in [0.05, 0.1) is 13.0 Å². The second kappa shape index (κ2) is 7.18. The summed E-state index contributed by atoms with van der Waals surface area (Å²) in [7, 11) is 1.62. The van der Waals surface area contributed by atoms with Gasteiger partial charge in [0.2, 0.25) is 11.0 Å². The summed E-state index contributed by atoms with van der Waals surface area (Å²) >= 11 is 1.33. The summed E-state index contributed by atoms with van der Waals surface area (Å²) in [6.07, 6.45) is 3.37. The topological polar surface area (TPSA) is 77.0 Å². The monoisotopic (exact) mass is 340 g/mol. The van der Waals surface area contributed by atoms with Gasteiger partial charge in [-0.25, -0.2) is 0 Å². The van der Waals surface area contributed by atoms with Crippen molar-refractivity contribution in [3.05, 3.63) is 54.4 Å². The first-order valence-electron chi connectivity index (χ1n) is 7.36. The minimum atomic E-state index is -0.313. The molecule has 0 unspecified atom stereocenters. The Bertz CT molecular complexity index is 818. The van der Waals surface area contributed by atoms with Crippen molar-refractivity contribution < 1.29 is 9.53 Å². The van der Waals surface area contributed by atoms with Crippen LogP contribution in [0.3, 0.4) is 0 Å². The van der Waals surface area contributed by atoms with E-state index < -0.39 is 0 Å². The molecule has 0 saturated carbocycles. The molecule has 0 fully saturated rings. The zero-order valence-electron chi connectivity index (χ0n) is 13.3. The minimum absolute atomic E-state index is 0.138. The van der Waals surface area contributed by atoms with Crippen LogP contribution >= 0.6 is 11.3 Å². The smallest absolute Gasteiger partial charge is 0.233 e. The molecular weight excluding hydrogens is 324 g/mol. The van der Waals surface area contributed by atoms with E-state index in [9.17, 15) is 4.79 Å². The molecule has 6 nitrogen and oxygen atoms in total. The van der Waals surface area contributed by atoms with Crippen molar-refractivity contribution in [1.29, 1.82) is 0 Å². The van der Waals surface area contributed by atoms with E-state index in [-0.39, 0.29) is 11.8 Å². The molecule has 1 atom stereocenters. The van der Waals surface area contributed by atoms with Gasteiger partial charge in [-0.05, 0) is 42.8 Å². The number of hydrogen-bond donors (Lipinski definition) is 1. The van der Waals surface area contributed by atoms with Crippen LogP contribution < -0.4 is 10.1 Å². The average Bonchev–Trinajstić information content (AvgIpc) is 3.10. The lowest BCUT2D eigenvalue weighted by atomic mass is 10.0. The van der Waals surface area contributed by atoms with Crippen LogP contribution in [0.4, 0.5) is 5.13 Å². The zero-order valence-corrected chi connectivity index (χ0v) is 14.1. The van der Waals surface area contributed by atoms with Crippen molar-refractivity contribution in [2.24, 2.45) is 0 Å². The van der Waals surface area contributed by atoms with Gasteiger partial charge >= 0.3 is 0 Å². The second-order valence-electron chi connectivity index (χ2n) is 5.14. The maximum atomic E-state index is 12.3. The summed E-state index contributed by atoms with van der Waals surface area (Å²) < 4.78 is 5.14. The normalized spacial score (nSPS) is 11.8. The highest BCUT2D eigenvalue weighted by Gasteiger charge is 2.17. The van der Waals surface area contributed by atoms with E-state index >= 15 is 0 Å². The van der Waals surface area contributed by atoms with E-state index in [1.165, 1.54) is 11.3 Å². The van der Waals surface area contributed by atoms with Crippen molar-refractivity contribution in [1.82, 2.24) is 15.2 Å². The maximum Gasteiger partial charge on any atom is 0.233 e. The first-order chi connectivity index (χ1) is 11.7. The molecule has 0 bridgehead atoms. The van der Waals surface area contributed by atoms with E-state index in [1.54, 1.807) is 19.5 Å². The van der Waals surface area contributed by atoms with Crippen LogP contribution in [0.1, 0.15) is 18.4 Å². The first-order valence-corrected chi connectivity index (χ1v) is 8.17. The molecule has 3 aromatic rings. The Morgan fingerprint density at radius 2 is 2.00 bits per heavy atom. The lowest BCUT2D eigenvalue weighted by Crippen LogP contribution is -2.18. The Morgan fingerprint density at radius 1 is 1.21 bits per heavy atom. The molecule has 0 aliphatic rings. The third kappa shape index (κ3) is 3.57. The van der Waals surface area contributed by atoms with Crippen LogP contribution in [-0.2, 0) is 4.79 Å². The molecule has 1 amide bonds. The molecule has 0 spiro atoms. The Kier molecular flexibility index (Phi) is 4.81. The van der Waals surface area contributed by atoms with E-state index in [2.05, 4.69) is 20.5 Å². The summed E-state index contributed by atoms with van der Waals surface area (Å²) in [5, 5.41) is 12.2. The summed E-state index contributed by atoms with van der Waals surface area (Å²) in [6, 6.07) is 11.2. The largest absolute Gasteiger partial charge is 0.497 e. The number of carbonyl (C=O) groups excluding carboxylic acids is 1. The Labute approximate surface area is 143 Å². The number of ether oxygens (including phenoxy) is 1. The second-order valence-corrected chi connectivity index (χ2v) is 6.12. The highest BCUT2D eigenvalue weighted by atomic mass is 32.1. The van der Waals surface area contributed by atoms with Gasteiger partial charge in [-0.3, -0.25) is 15.1 Å². The zero-order chi connectivity index (χ0) is 16.9. The highest BCUT2D eigenvalue weighted by molar-refractivity contribution is 7.18. The number of anilines is 1. The molecule has 0 aliphatic heterocycles. The number of pyridine rings is 1. The van der Waals surface area contributed by atoms with Crippen molar-refractivity contribution in [2.45, 2.75) is 12.8 Å². The van der Waals surface area contributed by atoms with E-state index in [4.69, 9.17) is 4.74 Å².